The highest BCUT2D eigenvalue weighted by molar-refractivity contribution is 5.81. The number of para-hydroxylation sites is 1. The third-order valence-corrected chi connectivity index (χ3v) is 3.02. The maximum absolute atomic E-state index is 12.0. The largest absolute Gasteiger partial charge is 0.394 e. The molecule has 4 heteroatoms. The first-order chi connectivity index (χ1) is 9.31. The molecular weight excluding hydrogens is 252 g/mol. The van der Waals surface area contributed by atoms with E-state index < -0.39 is 0 Å². The molecule has 0 spiro atoms. The van der Waals surface area contributed by atoms with E-state index in [1.807, 2.05) is 42.3 Å². The summed E-state index contributed by atoms with van der Waals surface area (Å²) in [5, 5.41) is 12.3. The number of rotatable bonds is 6. The molecular formula is C16H26N2O2. The minimum Gasteiger partial charge on any atom is -0.394 e. The molecule has 1 rings (SSSR count). The lowest BCUT2D eigenvalue weighted by atomic mass is 9.88. The summed E-state index contributed by atoms with van der Waals surface area (Å²) in [4.78, 5) is 13.9. The van der Waals surface area contributed by atoms with E-state index in [1.165, 1.54) is 0 Å². The Morgan fingerprint density at radius 2 is 1.90 bits per heavy atom. The standard InChI is InChI=1S/C16H26N2O2/c1-16(2,3)10-13(12-19)17-15(20)11-18(4)14-8-6-5-7-9-14/h5-9,13,19H,10-12H2,1-4H3,(H,17,20). The maximum atomic E-state index is 12.0. The molecule has 112 valence electrons. The van der Waals surface area contributed by atoms with Crippen molar-refractivity contribution >= 4 is 11.6 Å². The second-order valence-electron chi connectivity index (χ2n) is 6.40. The molecule has 0 saturated heterocycles. The van der Waals surface area contributed by atoms with Gasteiger partial charge in [0.25, 0.3) is 0 Å². The van der Waals surface area contributed by atoms with Gasteiger partial charge in [-0.3, -0.25) is 4.79 Å². The number of hydrogen-bond acceptors (Lipinski definition) is 3. The summed E-state index contributed by atoms with van der Waals surface area (Å²) in [5.41, 5.74) is 1.07. The lowest BCUT2D eigenvalue weighted by molar-refractivity contribution is -0.120. The minimum absolute atomic E-state index is 0.0297. The number of carbonyl (C=O) groups excluding carboxylic acids is 1. The highest BCUT2D eigenvalue weighted by Crippen LogP contribution is 2.20. The van der Waals surface area contributed by atoms with Crippen LogP contribution in [-0.4, -0.2) is 37.3 Å². The molecule has 1 atom stereocenters. The summed E-state index contributed by atoms with van der Waals surface area (Å²) in [6, 6.07) is 9.58. The number of aliphatic hydroxyl groups is 1. The number of anilines is 1. The minimum atomic E-state index is -0.188. The van der Waals surface area contributed by atoms with Crippen molar-refractivity contribution in [3.8, 4) is 0 Å². The van der Waals surface area contributed by atoms with Gasteiger partial charge in [-0.2, -0.15) is 0 Å². The van der Waals surface area contributed by atoms with Crippen LogP contribution in [0, 0.1) is 5.41 Å². The average Bonchev–Trinajstić information content (AvgIpc) is 2.37. The van der Waals surface area contributed by atoms with E-state index in [0.29, 0.717) is 0 Å². The van der Waals surface area contributed by atoms with Crippen LogP contribution in [0.2, 0.25) is 0 Å². The molecule has 1 aromatic rings. The summed E-state index contributed by atoms with van der Waals surface area (Å²) in [6.07, 6.45) is 0.754. The van der Waals surface area contributed by atoms with E-state index >= 15 is 0 Å². The van der Waals surface area contributed by atoms with Crippen molar-refractivity contribution in [2.75, 3.05) is 25.1 Å². The van der Waals surface area contributed by atoms with E-state index in [1.54, 1.807) is 0 Å². The molecule has 0 aliphatic rings. The number of likely N-dealkylation sites (N-methyl/N-ethyl adjacent to an activating group) is 1. The average molecular weight is 278 g/mol. The number of nitrogens with one attached hydrogen (secondary N) is 1. The van der Waals surface area contributed by atoms with Gasteiger partial charge in [-0.15, -0.1) is 0 Å². The molecule has 0 fully saturated rings. The Morgan fingerprint density at radius 3 is 2.40 bits per heavy atom. The smallest absolute Gasteiger partial charge is 0.239 e. The zero-order chi connectivity index (χ0) is 15.2. The summed E-state index contributed by atoms with van der Waals surface area (Å²) >= 11 is 0. The topological polar surface area (TPSA) is 52.6 Å². The molecule has 0 heterocycles. The highest BCUT2D eigenvalue weighted by atomic mass is 16.3. The van der Waals surface area contributed by atoms with Gasteiger partial charge < -0.3 is 15.3 Å². The first-order valence-electron chi connectivity index (χ1n) is 6.98. The maximum Gasteiger partial charge on any atom is 0.239 e. The predicted molar refractivity (Wildman–Crippen MR) is 82.8 cm³/mol. The van der Waals surface area contributed by atoms with Gasteiger partial charge in [0.15, 0.2) is 0 Å². The molecule has 1 amide bonds. The van der Waals surface area contributed by atoms with Gasteiger partial charge in [0.05, 0.1) is 19.2 Å². The molecule has 0 saturated carbocycles. The molecule has 0 radical (unpaired) electrons. The van der Waals surface area contributed by atoms with Crippen molar-refractivity contribution in [3.63, 3.8) is 0 Å². The second kappa shape index (κ2) is 7.29. The van der Waals surface area contributed by atoms with Crippen LogP contribution >= 0.6 is 0 Å². The van der Waals surface area contributed by atoms with Gasteiger partial charge in [-0.1, -0.05) is 39.0 Å². The Kier molecular flexibility index (Phi) is 6.02. The SMILES string of the molecule is CN(CC(=O)NC(CO)CC(C)(C)C)c1ccccc1. The predicted octanol–water partition coefficient (Wildman–Crippen LogP) is 2.04. The molecule has 1 aromatic carbocycles. The summed E-state index contributed by atoms with van der Waals surface area (Å²) in [6.45, 7) is 6.54. The Hall–Kier alpha value is -1.55. The Morgan fingerprint density at radius 1 is 1.30 bits per heavy atom. The number of nitrogens with zero attached hydrogens (tertiary/aromatic N) is 1. The fourth-order valence-electron chi connectivity index (χ4n) is 2.16. The van der Waals surface area contributed by atoms with E-state index in [0.717, 1.165) is 12.1 Å². The number of amides is 1. The van der Waals surface area contributed by atoms with Crippen molar-refractivity contribution in [2.24, 2.45) is 5.41 Å². The Labute approximate surface area is 121 Å². The number of carbonyl (C=O) groups is 1. The third kappa shape index (κ3) is 6.06. The fourth-order valence-corrected chi connectivity index (χ4v) is 2.16. The molecule has 1 unspecified atom stereocenters. The molecule has 0 aromatic heterocycles. The van der Waals surface area contributed by atoms with Gasteiger partial charge in [-0.25, -0.2) is 0 Å². The van der Waals surface area contributed by atoms with Gasteiger partial charge >= 0.3 is 0 Å². The van der Waals surface area contributed by atoms with Crippen LogP contribution in [0.15, 0.2) is 30.3 Å². The van der Waals surface area contributed by atoms with Gasteiger partial charge in [0, 0.05) is 12.7 Å². The lowest BCUT2D eigenvalue weighted by Crippen LogP contribution is -2.44. The van der Waals surface area contributed by atoms with Crippen LogP contribution in [0.4, 0.5) is 5.69 Å². The highest BCUT2D eigenvalue weighted by Gasteiger charge is 2.20. The van der Waals surface area contributed by atoms with Crippen molar-refractivity contribution in [2.45, 2.75) is 33.2 Å². The number of aliphatic hydroxyl groups excluding tert-OH is 1. The van der Waals surface area contributed by atoms with Crippen molar-refractivity contribution in [3.05, 3.63) is 30.3 Å². The molecule has 2 N–H and O–H groups in total. The lowest BCUT2D eigenvalue weighted by Gasteiger charge is -2.26. The van der Waals surface area contributed by atoms with Crippen LogP contribution in [0.25, 0.3) is 0 Å². The molecule has 0 aliphatic carbocycles. The quantitative estimate of drug-likeness (QED) is 0.837. The van der Waals surface area contributed by atoms with Crippen molar-refractivity contribution in [1.29, 1.82) is 0 Å². The zero-order valence-corrected chi connectivity index (χ0v) is 12.9. The monoisotopic (exact) mass is 278 g/mol. The normalized spacial score (nSPS) is 12.8. The van der Waals surface area contributed by atoms with E-state index in [-0.39, 0.29) is 30.5 Å². The van der Waals surface area contributed by atoms with Crippen LogP contribution in [0.5, 0.6) is 0 Å². The number of benzene rings is 1. The Bertz CT molecular complexity index is 412. The van der Waals surface area contributed by atoms with Gasteiger partial charge in [0.2, 0.25) is 5.91 Å². The van der Waals surface area contributed by atoms with E-state index in [4.69, 9.17) is 0 Å². The van der Waals surface area contributed by atoms with Crippen molar-refractivity contribution in [1.82, 2.24) is 5.32 Å². The molecule has 0 bridgehead atoms. The summed E-state index contributed by atoms with van der Waals surface area (Å²) < 4.78 is 0. The van der Waals surface area contributed by atoms with Crippen LogP contribution < -0.4 is 10.2 Å². The molecule has 0 aliphatic heterocycles. The van der Waals surface area contributed by atoms with Crippen LogP contribution in [0.1, 0.15) is 27.2 Å². The van der Waals surface area contributed by atoms with Crippen LogP contribution in [-0.2, 0) is 4.79 Å². The van der Waals surface area contributed by atoms with E-state index in [2.05, 4.69) is 26.1 Å². The van der Waals surface area contributed by atoms with Crippen molar-refractivity contribution < 1.29 is 9.90 Å². The Balaban J connectivity index is 2.50. The second-order valence-corrected chi connectivity index (χ2v) is 6.40. The summed E-state index contributed by atoms with van der Waals surface area (Å²) in [7, 11) is 1.88. The van der Waals surface area contributed by atoms with Gasteiger partial charge in [-0.05, 0) is 24.0 Å². The first-order valence-corrected chi connectivity index (χ1v) is 6.98. The van der Waals surface area contributed by atoms with E-state index in [9.17, 15) is 9.90 Å². The van der Waals surface area contributed by atoms with Gasteiger partial charge in [0.1, 0.15) is 0 Å². The summed E-state index contributed by atoms with van der Waals surface area (Å²) in [5.74, 6) is -0.0698. The number of hydrogen-bond donors (Lipinski definition) is 2. The molecule has 20 heavy (non-hydrogen) atoms. The first kappa shape index (κ1) is 16.5. The molecule has 4 nitrogen and oxygen atoms in total. The van der Waals surface area contributed by atoms with Crippen LogP contribution in [0.3, 0.4) is 0 Å². The fraction of sp³-hybridized carbons (Fsp3) is 0.562. The zero-order valence-electron chi connectivity index (χ0n) is 12.9. The third-order valence-electron chi connectivity index (χ3n) is 3.02.